The van der Waals surface area contributed by atoms with Gasteiger partial charge in [0.2, 0.25) is 0 Å². The van der Waals surface area contributed by atoms with E-state index in [9.17, 15) is 4.79 Å². The van der Waals surface area contributed by atoms with Gasteiger partial charge in [-0.2, -0.15) is 0 Å². The van der Waals surface area contributed by atoms with Crippen molar-refractivity contribution in [1.82, 2.24) is 0 Å². The molecule has 0 fully saturated rings. The summed E-state index contributed by atoms with van der Waals surface area (Å²) in [5.74, 6) is 1.77. The van der Waals surface area contributed by atoms with Crippen LogP contribution in [0.3, 0.4) is 0 Å². The number of ether oxygens (including phenoxy) is 3. The Kier molecular flexibility index (Phi) is 7.44. The van der Waals surface area contributed by atoms with Crippen LogP contribution in [-0.4, -0.2) is 19.6 Å². The zero-order valence-corrected chi connectivity index (χ0v) is 18.1. The lowest BCUT2D eigenvalue weighted by Gasteiger charge is -2.14. The van der Waals surface area contributed by atoms with Crippen LogP contribution in [0.5, 0.6) is 17.2 Å². The minimum atomic E-state index is -0.312. The number of anilines is 1. The molecule has 5 nitrogen and oxygen atoms in total. The summed E-state index contributed by atoms with van der Waals surface area (Å²) in [5, 5.41) is 3.44. The lowest BCUT2D eigenvalue weighted by molar-refractivity contribution is 0.102. The van der Waals surface area contributed by atoms with Crippen LogP contribution in [0.2, 0.25) is 10.0 Å². The maximum atomic E-state index is 12.7. The van der Waals surface area contributed by atoms with Crippen molar-refractivity contribution >= 4 is 34.8 Å². The number of halogens is 2. The molecule has 0 bridgehead atoms. The van der Waals surface area contributed by atoms with Crippen molar-refractivity contribution in [3.8, 4) is 17.2 Å². The van der Waals surface area contributed by atoms with Crippen LogP contribution in [0.4, 0.5) is 5.69 Å². The average molecular weight is 446 g/mol. The van der Waals surface area contributed by atoms with E-state index in [1.54, 1.807) is 43.5 Å². The maximum Gasteiger partial charge on any atom is 0.255 e. The van der Waals surface area contributed by atoms with E-state index >= 15 is 0 Å². The quantitative estimate of drug-likeness (QED) is 0.446. The molecular formula is C23H21Cl2NO4. The number of benzene rings is 3. The van der Waals surface area contributed by atoms with Crippen molar-refractivity contribution < 1.29 is 19.0 Å². The summed E-state index contributed by atoms with van der Waals surface area (Å²) in [6, 6.07) is 17.5. The molecule has 0 atom stereocenters. The molecule has 30 heavy (non-hydrogen) atoms. The standard InChI is InChI=1S/C23H21Cl2NO4/c1-3-29-21-12-7-15(23(27)26-20-6-4-5-19(24)22(20)25)13-16(21)14-30-18-10-8-17(28-2)9-11-18/h4-13H,3,14H2,1-2H3,(H,26,27). The third-order valence-corrected chi connectivity index (χ3v) is 5.09. The van der Waals surface area contributed by atoms with Crippen molar-refractivity contribution in [3.63, 3.8) is 0 Å². The van der Waals surface area contributed by atoms with Gasteiger partial charge in [0.1, 0.15) is 23.9 Å². The Balaban J connectivity index is 1.78. The van der Waals surface area contributed by atoms with Crippen LogP contribution in [0, 0.1) is 0 Å². The van der Waals surface area contributed by atoms with Crippen molar-refractivity contribution in [1.29, 1.82) is 0 Å². The lowest BCUT2D eigenvalue weighted by Crippen LogP contribution is -2.13. The van der Waals surface area contributed by atoms with Crippen LogP contribution in [-0.2, 0) is 6.61 Å². The van der Waals surface area contributed by atoms with Crippen LogP contribution < -0.4 is 19.5 Å². The van der Waals surface area contributed by atoms with Gasteiger partial charge in [0.15, 0.2) is 0 Å². The van der Waals surface area contributed by atoms with Crippen molar-refractivity contribution in [2.24, 2.45) is 0 Å². The SMILES string of the molecule is CCOc1ccc(C(=O)Nc2cccc(Cl)c2Cl)cc1COc1ccc(OC)cc1. The fraction of sp³-hybridized carbons (Fsp3) is 0.174. The van der Waals surface area contributed by atoms with Gasteiger partial charge < -0.3 is 19.5 Å². The first kappa shape index (κ1) is 21.8. The molecule has 0 saturated carbocycles. The molecule has 0 aliphatic rings. The van der Waals surface area contributed by atoms with E-state index in [0.717, 1.165) is 11.3 Å². The predicted octanol–water partition coefficient (Wildman–Crippen LogP) is 6.23. The number of carbonyl (C=O) groups is 1. The normalized spacial score (nSPS) is 10.4. The number of amides is 1. The largest absolute Gasteiger partial charge is 0.497 e. The Morgan fingerprint density at radius 3 is 2.40 bits per heavy atom. The third kappa shape index (κ3) is 5.38. The fourth-order valence-corrected chi connectivity index (χ4v) is 3.11. The van der Waals surface area contributed by atoms with Crippen LogP contribution in [0.15, 0.2) is 60.7 Å². The Labute approximate surface area is 185 Å². The number of hydrogen-bond acceptors (Lipinski definition) is 4. The Morgan fingerprint density at radius 2 is 1.70 bits per heavy atom. The smallest absolute Gasteiger partial charge is 0.255 e. The van der Waals surface area contributed by atoms with Crippen LogP contribution in [0.1, 0.15) is 22.8 Å². The number of hydrogen-bond donors (Lipinski definition) is 1. The van der Waals surface area contributed by atoms with Gasteiger partial charge in [-0.3, -0.25) is 4.79 Å². The molecule has 0 saturated heterocycles. The summed E-state index contributed by atoms with van der Waals surface area (Å²) in [6.45, 7) is 2.63. The average Bonchev–Trinajstić information content (AvgIpc) is 2.76. The van der Waals surface area contributed by atoms with Gasteiger partial charge in [-0.05, 0) is 61.5 Å². The molecule has 1 N–H and O–H groups in total. The zero-order valence-electron chi connectivity index (χ0n) is 16.6. The molecule has 3 rings (SSSR count). The Hall–Kier alpha value is -2.89. The van der Waals surface area contributed by atoms with E-state index in [2.05, 4.69) is 5.32 Å². The topological polar surface area (TPSA) is 56.8 Å². The monoisotopic (exact) mass is 445 g/mol. The van der Waals surface area contributed by atoms with Gasteiger partial charge >= 0.3 is 0 Å². The van der Waals surface area contributed by atoms with Gasteiger partial charge in [0, 0.05) is 11.1 Å². The second-order valence-electron chi connectivity index (χ2n) is 6.28. The minimum absolute atomic E-state index is 0.237. The molecule has 0 aliphatic heterocycles. The molecule has 3 aromatic carbocycles. The highest BCUT2D eigenvalue weighted by atomic mass is 35.5. The summed E-state index contributed by atoms with van der Waals surface area (Å²) < 4.78 is 16.7. The molecule has 0 aliphatic carbocycles. The molecule has 156 valence electrons. The number of carbonyl (C=O) groups excluding carboxylic acids is 1. The van der Waals surface area contributed by atoms with Gasteiger partial charge in [0.25, 0.3) is 5.91 Å². The maximum absolute atomic E-state index is 12.7. The van der Waals surface area contributed by atoms with Crippen molar-refractivity contribution in [3.05, 3.63) is 81.8 Å². The second kappa shape index (κ2) is 10.2. The first-order chi connectivity index (χ1) is 14.5. The van der Waals surface area contributed by atoms with Gasteiger partial charge in [0.05, 0.1) is 29.4 Å². The number of methoxy groups -OCH3 is 1. The molecule has 1 amide bonds. The minimum Gasteiger partial charge on any atom is -0.497 e. The van der Waals surface area contributed by atoms with E-state index in [1.165, 1.54) is 0 Å². The highest BCUT2D eigenvalue weighted by Crippen LogP contribution is 2.30. The summed E-state index contributed by atoms with van der Waals surface area (Å²) in [7, 11) is 1.61. The molecular weight excluding hydrogens is 425 g/mol. The molecule has 0 aromatic heterocycles. The summed E-state index contributed by atoms with van der Waals surface area (Å²) in [6.07, 6.45) is 0. The first-order valence-corrected chi connectivity index (χ1v) is 10.1. The molecule has 0 heterocycles. The molecule has 0 unspecified atom stereocenters. The first-order valence-electron chi connectivity index (χ1n) is 9.29. The zero-order chi connectivity index (χ0) is 21.5. The number of nitrogens with one attached hydrogen (secondary N) is 1. The fourth-order valence-electron chi connectivity index (χ4n) is 2.76. The predicted molar refractivity (Wildman–Crippen MR) is 119 cm³/mol. The Bertz CT molecular complexity index is 1020. The molecule has 3 aromatic rings. The molecule has 0 spiro atoms. The van der Waals surface area contributed by atoms with E-state index in [4.69, 9.17) is 37.4 Å². The van der Waals surface area contributed by atoms with Gasteiger partial charge in [-0.15, -0.1) is 0 Å². The van der Waals surface area contributed by atoms with Crippen LogP contribution in [0.25, 0.3) is 0 Å². The molecule has 7 heteroatoms. The second-order valence-corrected chi connectivity index (χ2v) is 7.06. The van der Waals surface area contributed by atoms with Gasteiger partial charge in [-0.25, -0.2) is 0 Å². The van der Waals surface area contributed by atoms with E-state index in [-0.39, 0.29) is 12.5 Å². The highest BCUT2D eigenvalue weighted by molar-refractivity contribution is 6.44. The Morgan fingerprint density at radius 1 is 0.967 bits per heavy atom. The van der Waals surface area contributed by atoms with Crippen molar-refractivity contribution in [2.45, 2.75) is 13.5 Å². The highest BCUT2D eigenvalue weighted by Gasteiger charge is 2.14. The summed E-state index contributed by atoms with van der Waals surface area (Å²) >= 11 is 12.2. The van der Waals surface area contributed by atoms with E-state index < -0.39 is 0 Å². The van der Waals surface area contributed by atoms with Crippen molar-refractivity contribution in [2.75, 3.05) is 19.0 Å². The number of rotatable bonds is 8. The van der Waals surface area contributed by atoms with E-state index in [1.807, 2.05) is 31.2 Å². The third-order valence-electron chi connectivity index (χ3n) is 4.28. The lowest BCUT2D eigenvalue weighted by atomic mass is 10.1. The van der Waals surface area contributed by atoms with Gasteiger partial charge in [-0.1, -0.05) is 29.3 Å². The van der Waals surface area contributed by atoms with E-state index in [0.29, 0.717) is 39.4 Å². The van der Waals surface area contributed by atoms with Crippen LogP contribution >= 0.6 is 23.2 Å². The summed E-state index contributed by atoms with van der Waals surface area (Å²) in [5.41, 5.74) is 1.64. The summed E-state index contributed by atoms with van der Waals surface area (Å²) in [4.78, 5) is 12.7. The molecule has 0 radical (unpaired) electrons.